The Morgan fingerprint density at radius 2 is 2.15 bits per heavy atom. The van der Waals surface area contributed by atoms with Gasteiger partial charge in [-0.15, -0.1) is 0 Å². The van der Waals surface area contributed by atoms with Crippen molar-refractivity contribution < 1.29 is 0 Å². The lowest BCUT2D eigenvalue weighted by molar-refractivity contribution is 0.853. The Balaban J connectivity index is 2.43. The van der Waals surface area contributed by atoms with Crippen LogP contribution in [0.25, 0.3) is 6.08 Å². The Kier molecular flexibility index (Phi) is 1.95. The average molecular weight is 173 g/mol. The molecule has 1 aliphatic carbocycles. The molecule has 0 fully saturated rings. The molecular weight excluding hydrogens is 158 g/mol. The number of fused-ring (bicyclic) bond motifs is 1. The molecule has 1 heteroatoms. The second kappa shape index (κ2) is 2.99. The Morgan fingerprint density at radius 3 is 2.85 bits per heavy atom. The zero-order valence-corrected chi connectivity index (χ0v) is 8.46. The van der Waals surface area contributed by atoms with E-state index >= 15 is 0 Å². The molecule has 0 spiro atoms. The fourth-order valence-corrected chi connectivity index (χ4v) is 1.70. The molecule has 1 aromatic heterocycles. The smallest absolute Gasteiger partial charge is 0.0516 e. The van der Waals surface area contributed by atoms with E-state index in [1.54, 1.807) is 0 Å². The summed E-state index contributed by atoms with van der Waals surface area (Å²) in [7, 11) is 0. The topological polar surface area (TPSA) is 12.9 Å². The zero-order chi connectivity index (χ0) is 9.42. The maximum absolute atomic E-state index is 4.48. The van der Waals surface area contributed by atoms with Gasteiger partial charge in [0.1, 0.15) is 0 Å². The number of nitrogens with zero attached hydrogens (tertiary/aromatic N) is 1. The third kappa shape index (κ3) is 1.51. The highest BCUT2D eigenvalue weighted by molar-refractivity contribution is 5.61. The maximum Gasteiger partial charge on any atom is 0.0516 e. The lowest BCUT2D eigenvalue weighted by Crippen LogP contribution is -1.94. The number of aromatic nitrogens is 1. The molecule has 0 atom stereocenters. The molecule has 0 aromatic carbocycles. The maximum atomic E-state index is 4.48. The molecule has 0 radical (unpaired) electrons. The summed E-state index contributed by atoms with van der Waals surface area (Å²) in [4.78, 5) is 4.48. The molecule has 68 valence electrons. The van der Waals surface area contributed by atoms with Crippen molar-refractivity contribution in [2.45, 2.75) is 33.1 Å². The number of pyridine rings is 1. The summed E-state index contributed by atoms with van der Waals surface area (Å²) in [5, 5.41) is 0. The molecule has 0 aliphatic heterocycles. The summed E-state index contributed by atoms with van der Waals surface area (Å²) in [5.41, 5.74) is 5.32. The third-order valence-corrected chi connectivity index (χ3v) is 2.54. The van der Waals surface area contributed by atoms with Crippen LogP contribution in [0.2, 0.25) is 0 Å². The minimum Gasteiger partial charge on any atom is -0.260 e. The molecule has 1 aliphatic rings. The van der Waals surface area contributed by atoms with Gasteiger partial charge in [-0.25, -0.2) is 0 Å². The van der Waals surface area contributed by atoms with Crippen molar-refractivity contribution in [3.05, 3.63) is 34.7 Å². The number of allylic oxidation sites excluding steroid dienone is 1. The van der Waals surface area contributed by atoms with Crippen molar-refractivity contribution in [3.63, 3.8) is 0 Å². The Bertz CT molecular complexity index is 361. The van der Waals surface area contributed by atoms with Gasteiger partial charge in [-0.1, -0.05) is 25.5 Å². The standard InChI is InChI=1S/C12H15N/c1-8(2)11-6-10-4-9(3)5-12(10)13-7-11/h4,6-8H,5H2,1-3H3. The van der Waals surface area contributed by atoms with Crippen molar-refractivity contribution in [1.29, 1.82) is 0 Å². The van der Waals surface area contributed by atoms with Gasteiger partial charge in [0.2, 0.25) is 0 Å². The second-order valence-electron chi connectivity index (χ2n) is 4.13. The first-order valence-corrected chi connectivity index (χ1v) is 4.83. The highest BCUT2D eigenvalue weighted by Crippen LogP contribution is 2.25. The molecule has 0 bridgehead atoms. The lowest BCUT2D eigenvalue weighted by Gasteiger charge is -2.06. The van der Waals surface area contributed by atoms with E-state index in [1.165, 1.54) is 22.4 Å². The van der Waals surface area contributed by atoms with Crippen molar-refractivity contribution in [2.75, 3.05) is 0 Å². The molecule has 0 N–H and O–H groups in total. The van der Waals surface area contributed by atoms with E-state index in [0.29, 0.717) is 5.92 Å². The Hall–Kier alpha value is -1.11. The highest BCUT2D eigenvalue weighted by atomic mass is 14.7. The quantitative estimate of drug-likeness (QED) is 0.635. The van der Waals surface area contributed by atoms with Crippen molar-refractivity contribution in [2.24, 2.45) is 0 Å². The van der Waals surface area contributed by atoms with E-state index in [1.807, 2.05) is 6.20 Å². The van der Waals surface area contributed by atoms with Gasteiger partial charge in [0.15, 0.2) is 0 Å². The van der Waals surface area contributed by atoms with Crippen LogP contribution in [0.3, 0.4) is 0 Å². The summed E-state index contributed by atoms with van der Waals surface area (Å²) in [6.07, 6.45) is 5.29. The average Bonchev–Trinajstić information content (AvgIpc) is 2.42. The van der Waals surface area contributed by atoms with E-state index in [0.717, 1.165) is 6.42 Å². The van der Waals surface area contributed by atoms with Gasteiger partial charge < -0.3 is 0 Å². The summed E-state index contributed by atoms with van der Waals surface area (Å²) in [6.45, 7) is 6.57. The Labute approximate surface area is 79.5 Å². The number of rotatable bonds is 1. The van der Waals surface area contributed by atoms with Crippen LogP contribution >= 0.6 is 0 Å². The summed E-state index contributed by atoms with van der Waals surface area (Å²) < 4.78 is 0. The predicted octanol–water partition coefficient (Wildman–Crippen LogP) is 3.16. The van der Waals surface area contributed by atoms with Crippen LogP contribution < -0.4 is 0 Å². The zero-order valence-electron chi connectivity index (χ0n) is 8.46. The fourth-order valence-electron chi connectivity index (χ4n) is 1.70. The molecular formula is C12H15N. The molecule has 0 amide bonds. The molecule has 13 heavy (non-hydrogen) atoms. The van der Waals surface area contributed by atoms with Gasteiger partial charge in [-0.05, 0) is 30.0 Å². The second-order valence-corrected chi connectivity index (χ2v) is 4.13. The van der Waals surface area contributed by atoms with Gasteiger partial charge in [-0.2, -0.15) is 0 Å². The lowest BCUT2D eigenvalue weighted by atomic mass is 10.0. The van der Waals surface area contributed by atoms with E-state index < -0.39 is 0 Å². The minimum atomic E-state index is 0.576. The summed E-state index contributed by atoms with van der Waals surface area (Å²) in [6, 6.07) is 2.27. The third-order valence-electron chi connectivity index (χ3n) is 2.54. The van der Waals surface area contributed by atoms with Crippen LogP contribution in [0.5, 0.6) is 0 Å². The molecule has 1 aromatic rings. The summed E-state index contributed by atoms with van der Waals surface area (Å²) >= 11 is 0. The van der Waals surface area contributed by atoms with Crippen molar-refractivity contribution in [1.82, 2.24) is 4.98 Å². The van der Waals surface area contributed by atoms with Gasteiger partial charge in [-0.3, -0.25) is 4.98 Å². The molecule has 1 nitrogen and oxygen atoms in total. The van der Waals surface area contributed by atoms with Gasteiger partial charge in [0.05, 0.1) is 5.69 Å². The SMILES string of the molecule is CC1=Cc2cc(C(C)C)cnc2C1. The van der Waals surface area contributed by atoms with Gasteiger partial charge in [0, 0.05) is 12.6 Å². The molecule has 1 heterocycles. The summed E-state index contributed by atoms with van der Waals surface area (Å²) in [5.74, 6) is 0.576. The molecule has 0 saturated carbocycles. The van der Waals surface area contributed by atoms with Crippen LogP contribution in [0, 0.1) is 0 Å². The normalized spacial score (nSPS) is 14.6. The van der Waals surface area contributed by atoms with Crippen LogP contribution in [0.4, 0.5) is 0 Å². The van der Waals surface area contributed by atoms with Crippen molar-refractivity contribution >= 4 is 6.08 Å². The van der Waals surface area contributed by atoms with Gasteiger partial charge >= 0.3 is 0 Å². The highest BCUT2D eigenvalue weighted by Gasteiger charge is 2.11. The fraction of sp³-hybridized carbons (Fsp3) is 0.417. The molecule has 0 saturated heterocycles. The molecule has 2 rings (SSSR count). The van der Waals surface area contributed by atoms with E-state index in [2.05, 4.69) is 37.9 Å². The Morgan fingerprint density at radius 1 is 1.38 bits per heavy atom. The van der Waals surface area contributed by atoms with Gasteiger partial charge in [0.25, 0.3) is 0 Å². The predicted molar refractivity (Wildman–Crippen MR) is 55.7 cm³/mol. The number of hydrogen-bond acceptors (Lipinski definition) is 1. The minimum absolute atomic E-state index is 0.576. The number of hydrogen-bond donors (Lipinski definition) is 0. The first-order valence-electron chi connectivity index (χ1n) is 4.83. The van der Waals surface area contributed by atoms with Crippen molar-refractivity contribution in [3.8, 4) is 0 Å². The first-order chi connectivity index (χ1) is 6.16. The van der Waals surface area contributed by atoms with E-state index in [-0.39, 0.29) is 0 Å². The van der Waals surface area contributed by atoms with Crippen LogP contribution in [-0.4, -0.2) is 4.98 Å². The van der Waals surface area contributed by atoms with Crippen LogP contribution in [-0.2, 0) is 6.42 Å². The van der Waals surface area contributed by atoms with Crippen LogP contribution in [0.1, 0.15) is 43.5 Å². The first kappa shape index (κ1) is 8.49. The molecule has 0 unspecified atom stereocenters. The largest absolute Gasteiger partial charge is 0.260 e. The van der Waals surface area contributed by atoms with E-state index in [9.17, 15) is 0 Å². The van der Waals surface area contributed by atoms with E-state index in [4.69, 9.17) is 0 Å². The van der Waals surface area contributed by atoms with Crippen LogP contribution in [0.15, 0.2) is 17.8 Å². The monoisotopic (exact) mass is 173 g/mol.